The number of nitrogens with one attached hydrogen (secondary N) is 1. The molecule has 1 aliphatic carbocycles. The van der Waals surface area contributed by atoms with Crippen molar-refractivity contribution in [1.82, 2.24) is 5.09 Å². The Morgan fingerprint density at radius 2 is 1.79 bits per heavy atom. The highest BCUT2D eigenvalue weighted by Crippen LogP contribution is 2.48. The topological polar surface area (TPSA) is 38.3 Å². The van der Waals surface area contributed by atoms with Crippen LogP contribution in [0.25, 0.3) is 0 Å². The molecule has 0 aromatic heterocycles. The average Bonchev–Trinajstić information content (AvgIpc) is 2.68. The Labute approximate surface area is 174 Å². The van der Waals surface area contributed by atoms with E-state index in [2.05, 4.69) is 25.9 Å². The van der Waals surface area contributed by atoms with E-state index in [4.69, 9.17) is 16.1 Å². The summed E-state index contributed by atoms with van der Waals surface area (Å²) in [7, 11) is -3.20. The quantitative estimate of drug-likeness (QED) is 0.526. The molecule has 5 heteroatoms. The Hall–Kier alpha value is -1.12. The van der Waals surface area contributed by atoms with Gasteiger partial charge >= 0.3 is 0 Å². The second kappa shape index (κ2) is 9.59. The summed E-state index contributed by atoms with van der Waals surface area (Å²) in [6.45, 7) is 7.22. The van der Waals surface area contributed by atoms with Gasteiger partial charge in [0.15, 0.2) is 0 Å². The lowest BCUT2D eigenvalue weighted by Crippen LogP contribution is -2.36. The molecule has 3 nitrogen and oxygen atoms in total. The van der Waals surface area contributed by atoms with Gasteiger partial charge in [0, 0.05) is 11.6 Å². The highest BCUT2D eigenvalue weighted by molar-refractivity contribution is 7.65. The maximum atomic E-state index is 14.0. The number of hydrogen-bond acceptors (Lipinski definition) is 2. The van der Waals surface area contributed by atoms with Crippen molar-refractivity contribution in [3.8, 4) is 0 Å². The van der Waals surface area contributed by atoms with Gasteiger partial charge in [0.25, 0.3) is 7.52 Å². The van der Waals surface area contributed by atoms with Crippen molar-refractivity contribution in [2.75, 3.05) is 0 Å². The molecule has 2 aromatic rings. The van der Waals surface area contributed by atoms with Crippen LogP contribution in [0.5, 0.6) is 0 Å². The van der Waals surface area contributed by atoms with Gasteiger partial charge in [-0.3, -0.25) is 4.57 Å². The zero-order valence-corrected chi connectivity index (χ0v) is 18.6. The molecule has 0 radical (unpaired) electrons. The van der Waals surface area contributed by atoms with Gasteiger partial charge in [-0.25, -0.2) is 5.09 Å². The third kappa shape index (κ3) is 5.48. The molecule has 0 bridgehead atoms. The Morgan fingerprint density at radius 3 is 2.43 bits per heavy atom. The van der Waals surface area contributed by atoms with Crippen molar-refractivity contribution in [2.24, 2.45) is 17.8 Å². The normalized spacial score (nSPS) is 24.8. The molecule has 0 amide bonds. The van der Waals surface area contributed by atoms with Gasteiger partial charge in [-0.05, 0) is 60.4 Å². The molecule has 28 heavy (non-hydrogen) atoms. The van der Waals surface area contributed by atoms with Gasteiger partial charge in [-0.1, -0.05) is 69.1 Å². The predicted molar refractivity (Wildman–Crippen MR) is 118 cm³/mol. The first kappa shape index (κ1) is 21.6. The molecule has 152 valence electrons. The molecule has 2 aromatic carbocycles. The summed E-state index contributed by atoms with van der Waals surface area (Å²) in [5.74, 6) is 1.55. The van der Waals surface area contributed by atoms with Crippen LogP contribution in [0.1, 0.15) is 45.6 Å². The fourth-order valence-corrected chi connectivity index (χ4v) is 6.12. The first-order valence-electron chi connectivity index (χ1n) is 10.2. The third-order valence-electron chi connectivity index (χ3n) is 5.75. The molecule has 3 rings (SSSR count). The summed E-state index contributed by atoms with van der Waals surface area (Å²) < 4.78 is 20.5. The molecule has 0 aliphatic heterocycles. The first-order valence-corrected chi connectivity index (χ1v) is 12.2. The zero-order valence-electron chi connectivity index (χ0n) is 17.0. The van der Waals surface area contributed by atoms with Crippen molar-refractivity contribution >= 4 is 24.4 Å². The lowest BCUT2D eigenvalue weighted by molar-refractivity contribution is 0.0483. The second-order valence-electron chi connectivity index (χ2n) is 8.32. The Bertz CT molecular complexity index is 794. The van der Waals surface area contributed by atoms with Crippen molar-refractivity contribution in [3.63, 3.8) is 0 Å². The summed E-state index contributed by atoms with van der Waals surface area (Å²) in [6.07, 6.45) is 3.32. The molecule has 0 heterocycles. The number of hydrogen-bond donors (Lipinski definition) is 1. The van der Waals surface area contributed by atoms with Gasteiger partial charge in [-0.15, -0.1) is 0 Å². The van der Waals surface area contributed by atoms with Gasteiger partial charge in [0.1, 0.15) is 0 Å². The third-order valence-corrected chi connectivity index (χ3v) is 8.12. The van der Waals surface area contributed by atoms with E-state index in [1.807, 2.05) is 54.6 Å². The van der Waals surface area contributed by atoms with Crippen LogP contribution in [0.4, 0.5) is 0 Å². The van der Waals surface area contributed by atoms with Crippen LogP contribution in [0, 0.1) is 17.8 Å². The van der Waals surface area contributed by atoms with Gasteiger partial charge in [0.05, 0.1) is 11.4 Å². The average molecular weight is 420 g/mol. The minimum Gasteiger partial charge on any atom is -0.311 e. The van der Waals surface area contributed by atoms with Crippen LogP contribution in [-0.2, 0) is 15.6 Å². The van der Waals surface area contributed by atoms with E-state index in [0.29, 0.717) is 29.3 Å². The van der Waals surface area contributed by atoms with Crippen LogP contribution in [0.15, 0.2) is 54.6 Å². The van der Waals surface area contributed by atoms with E-state index in [-0.39, 0.29) is 6.10 Å². The van der Waals surface area contributed by atoms with Crippen LogP contribution in [0.3, 0.4) is 0 Å². The maximum Gasteiger partial charge on any atom is 0.300 e. The summed E-state index contributed by atoms with van der Waals surface area (Å²) in [5.41, 5.74) is 1.03. The lowest BCUT2D eigenvalue weighted by Gasteiger charge is -2.39. The number of halogens is 1. The minimum absolute atomic E-state index is 0.00695. The first-order chi connectivity index (χ1) is 13.4. The van der Waals surface area contributed by atoms with E-state index in [1.165, 1.54) is 6.42 Å². The predicted octanol–water partition coefficient (Wildman–Crippen LogP) is 6.43. The summed E-state index contributed by atoms with van der Waals surface area (Å²) in [4.78, 5) is 0. The van der Waals surface area contributed by atoms with E-state index < -0.39 is 7.52 Å². The Morgan fingerprint density at radius 1 is 1.11 bits per heavy atom. The van der Waals surface area contributed by atoms with Crippen LogP contribution in [0.2, 0.25) is 5.02 Å². The van der Waals surface area contributed by atoms with Gasteiger partial charge < -0.3 is 4.52 Å². The summed E-state index contributed by atoms with van der Waals surface area (Å²) in [6, 6.07) is 17.2. The van der Waals surface area contributed by atoms with E-state index >= 15 is 0 Å². The fourth-order valence-electron chi connectivity index (χ4n) is 4.04. The molecular formula is C23H31ClNO2P. The van der Waals surface area contributed by atoms with Crippen LogP contribution < -0.4 is 10.4 Å². The fraction of sp³-hybridized carbons (Fsp3) is 0.478. The molecule has 4 atom stereocenters. The molecule has 0 unspecified atom stereocenters. The SMILES string of the molecule is CC(C)[C@H]1CC[C@@H](C)C[C@@H]1O[P@](=O)(NCc1ccc(Cl)cc1)c1ccccc1. The minimum atomic E-state index is -3.20. The zero-order chi connectivity index (χ0) is 20.1. The molecule has 1 aliphatic rings. The molecule has 1 fully saturated rings. The Kier molecular flexibility index (Phi) is 7.39. The van der Waals surface area contributed by atoms with E-state index in [0.717, 1.165) is 23.7 Å². The molecule has 1 saturated carbocycles. The molecule has 0 spiro atoms. The highest BCUT2D eigenvalue weighted by atomic mass is 35.5. The lowest BCUT2D eigenvalue weighted by atomic mass is 9.75. The number of benzene rings is 2. The largest absolute Gasteiger partial charge is 0.311 e. The second-order valence-corrected chi connectivity index (χ2v) is 10.9. The van der Waals surface area contributed by atoms with E-state index in [9.17, 15) is 4.57 Å². The van der Waals surface area contributed by atoms with Crippen molar-refractivity contribution in [2.45, 2.75) is 52.7 Å². The van der Waals surface area contributed by atoms with Crippen molar-refractivity contribution in [1.29, 1.82) is 0 Å². The smallest absolute Gasteiger partial charge is 0.300 e. The maximum absolute atomic E-state index is 14.0. The molecule has 1 N–H and O–H groups in total. The molecule has 0 saturated heterocycles. The highest BCUT2D eigenvalue weighted by Gasteiger charge is 2.37. The van der Waals surface area contributed by atoms with Gasteiger partial charge in [-0.2, -0.15) is 0 Å². The molecular weight excluding hydrogens is 389 g/mol. The van der Waals surface area contributed by atoms with E-state index in [1.54, 1.807) is 0 Å². The van der Waals surface area contributed by atoms with Crippen LogP contribution >= 0.6 is 19.1 Å². The monoisotopic (exact) mass is 419 g/mol. The van der Waals surface area contributed by atoms with Crippen molar-refractivity contribution in [3.05, 3.63) is 65.2 Å². The summed E-state index contributed by atoms with van der Waals surface area (Å²) in [5, 5.41) is 4.68. The van der Waals surface area contributed by atoms with Gasteiger partial charge in [0.2, 0.25) is 0 Å². The number of rotatable bonds is 7. The Balaban J connectivity index is 1.83. The van der Waals surface area contributed by atoms with Crippen molar-refractivity contribution < 1.29 is 9.09 Å². The van der Waals surface area contributed by atoms with Crippen LogP contribution in [-0.4, -0.2) is 6.10 Å². The summed E-state index contributed by atoms with van der Waals surface area (Å²) >= 11 is 5.99. The standard InChI is InChI=1S/C23H31ClNO2P/c1-17(2)22-14-9-18(3)15-23(22)27-28(26,21-7-5-4-6-8-21)25-16-19-10-12-20(24)13-11-19/h4-8,10-13,17-18,22-23H,9,14-16H2,1-3H3,(H,25,26)/t18-,22-,23+,28+/m1/s1.